The van der Waals surface area contributed by atoms with Crippen molar-refractivity contribution in [2.45, 2.75) is 0 Å². The third kappa shape index (κ3) is 2.16. The topological polar surface area (TPSA) is 89.6 Å². The molecule has 2 aromatic heterocycles. The fraction of sp³-hybridized carbons (Fsp3) is 0.0556. The minimum Gasteiger partial charge on any atom is -0.383 e. The second-order valence-electron chi connectivity index (χ2n) is 5.53. The lowest BCUT2D eigenvalue weighted by Crippen LogP contribution is -2.10. The summed E-state index contributed by atoms with van der Waals surface area (Å²) in [6.45, 7) is 0. The van der Waals surface area contributed by atoms with Gasteiger partial charge in [-0.05, 0) is 12.1 Å². The van der Waals surface area contributed by atoms with E-state index in [0.29, 0.717) is 33.8 Å². The Labute approximate surface area is 137 Å². The monoisotopic (exact) mass is 317 g/mol. The molecule has 0 unspecified atom stereocenters. The van der Waals surface area contributed by atoms with Gasteiger partial charge in [-0.2, -0.15) is 5.10 Å². The molecule has 4 aromatic rings. The Kier molecular flexibility index (Phi) is 3.16. The summed E-state index contributed by atoms with van der Waals surface area (Å²) in [4.78, 5) is 19.8. The number of anilines is 1. The van der Waals surface area contributed by atoms with Crippen molar-refractivity contribution >= 4 is 16.7 Å². The third-order valence-corrected chi connectivity index (χ3v) is 3.99. The average molecular weight is 317 g/mol. The molecule has 0 saturated carbocycles. The van der Waals surface area contributed by atoms with Crippen LogP contribution in [0.1, 0.15) is 0 Å². The van der Waals surface area contributed by atoms with Crippen molar-refractivity contribution in [3.8, 4) is 22.6 Å². The predicted octanol–water partition coefficient (Wildman–Crippen LogP) is 2.57. The SMILES string of the molecule is Cn1nc(-c2ccccc2)c(-c2nc3ccccc3c(=O)[nH]2)c1N. The molecular weight excluding hydrogens is 302 g/mol. The van der Waals surface area contributed by atoms with Gasteiger partial charge in [-0.1, -0.05) is 42.5 Å². The quantitative estimate of drug-likeness (QED) is 0.594. The minimum absolute atomic E-state index is 0.196. The zero-order valence-corrected chi connectivity index (χ0v) is 13.0. The van der Waals surface area contributed by atoms with Gasteiger partial charge >= 0.3 is 0 Å². The first-order valence-electron chi connectivity index (χ1n) is 7.52. The molecule has 6 nitrogen and oxygen atoms in total. The number of aromatic amines is 1. The van der Waals surface area contributed by atoms with E-state index in [0.717, 1.165) is 5.56 Å². The van der Waals surface area contributed by atoms with E-state index in [1.165, 1.54) is 0 Å². The van der Waals surface area contributed by atoms with Crippen LogP contribution in [0.15, 0.2) is 59.4 Å². The van der Waals surface area contributed by atoms with E-state index < -0.39 is 0 Å². The second-order valence-corrected chi connectivity index (χ2v) is 5.53. The van der Waals surface area contributed by atoms with Crippen LogP contribution < -0.4 is 11.3 Å². The molecule has 0 aliphatic carbocycles. The number of H-pyrrole nitrogens is 1. The lowest BCUT2D eigenvalue weighted by molar-refractivity contribution is 0.782. The Bertz CT molecular complexity index is 1100. The lowest BCUT2D eigenvalue weighted by atomic mass is 10.1. The van der Waals surface area contributed by atoms with Gasteiger partial charge in [0.05, 0.1) is 16.5 Å². The molecule has 118 valence electrons. The van der Waals surface area contributed by atoms with Gasteiger partial charge in [0.25, 0.3) is 5.56 Å². The standard InChI is InChI=1S/C18H15N5O/c1-23-16(19)14(15(22-23)11-7-3-2-4-8-11)17-20-13-10-6-5-9-12(13)18(24)21-17/h2-10H,19H2,1H3,(H,20,21,24). The molecule has 2 heterocycles. The predicted molar refractivity (Wildman–Crippen MR) is 94.4 cm³/mol. The van der Waals surface area contributed by atoms with Gasteiger partial charge in [0.2, 0.25) is 0 Å². The highest BCUT2D eigenvalue weighted by molar-refractivity contribution is 5.87. The van der Waals surface area contributed by atoms with E-state index in [1.54, 1.807) is 17.8 Å². The van der Waals surface area contributed by atoms with E-state index in [4.69, 9.17) is 5.73 Å². The Morgan fingerprint density at radius 2 is 1.75 bits per heavy atom. The molecule has 0 aliphatic rings. The van der Waals surface area contributed by atoms with Crippen LogP contribution in [0.25, 0.3) is 33.5 Å². The molecular formula is C18H15N5O. The number of nitrogen functional groups attached to an aromatic ring is 1. The summed E-state index contributed by atoms with van der Waals surface area (Å²) in [5.74, 6) is 0.871. The van der Waals surface area contributed by atoms with Crippen LogP contribution in [0.2, 0.25) is 0 Å². The molecule has 2 aromatic carbocycles. The molecule has 4 rings (SSSR count). The minimum atomic E-state index is -0.196. The molecule has 0 bridgehead atoms. The van der Waals surface area contributed by atoms with E-state index in [-0.39, 0.29) is 5.56 Å². The van der Waals surface area contributed by atoms with Crippen molar-refractivity contribution in [3.63, 3.8) is 0 Å². The van der Waals surface area contributed by atoms with E-state index in [9.17, 15) is 4.79 Å². The van der Waals surface area contributed by atoms with E-state index in [2.05, 4.69) is 15.1 Å². The Morgan fingerprint density at radius 1 is 1.04 bits per heavy atom. The molecule has 0 atom stereocenters. The first-order chi connectivity index (χ1) is 11.6. The largest absolute Gasteiger partial charge is 0.383 e. The smallest absolute Gasteiger partial charge is 0.259 e. The van der Waals surface area contributed by atoms with Gasteiger partial charge in [-0.15, -0.1) is 0 Å². The molecule has 24 heavy (non-hydrogen) atoms. The number of nitrogens with two attached hydrogens (primary N) is 1. The van der Waals surface area contributed by atoms with Crippen LogP contribution in [-0.2, 0) is 7.05 Å². The number of nitrogens with zero attached hydrogens (tertiary/aromatic N) is 3. The van der Waals surface area contributed by atoms with Crippen molar-refractivity contribution < 1.29 is 0 Å². The third-order valence-electron chi connectivity index (χ3n) is 3.99. The summed E-state index contributed by atoms with van der Waals surface area (Å²) in [5.41, 5.74) is 8.87. The lowest BCUT2D eigenvalue weighted by Gasteiger charge is -2.05. The van der Waals surface area contributed by atoms with Crippen LogP contribution in [-0.4, -0.2) is 19.7 Å². The van der Waals surface area contributed by atoms with Crippen molar-refractivity contribution in [3.05, 3.63) is 65.0 Å². The fourth-order valence-electron chi connectivity index (χ4n) is 2.77. The maximum absolute atomic E-state index is 12.4. The number of aryl methyl sites for hydroxylation is 1. The Morgan fingerprint density at radius 3 is 2.54 bits per heavy atom. The molecule has 0 saturated heterocycles. The molecule has 3 N–H and O–H groups in total. The van der Waals surface area contributed by atoms with Crippen molar-refractivity contribution in [1.29, 1.82) is 0 Å². The number of hydrogen-bond acceptors (Lipinski definition) is 4. The normalized spacial score (nSPS) is 11.0. The first kappa shape index (κ1) is 14.2. The summed E-state index contributed by atoms with van der Waals surface area (Å²) in [6, 6.07) is 16.9. The molecule has 0 spiro atoms. The fourth-order valence-corrected chi connectivity index (χ4v) is 2.77. The van der Waals surface area contributed by atoms with E-state index >= 15 is 0 Å². The summed E-state index contributed by atoms with van der Waals surface area (Å²) < 4.78 is 1.59. The maximum Gasteiger partial charge on any atom is 0.259 e. The first-order valence-corrected chi connectivity index (χ1v) is 7.52. The highest BCUT2D eigenvalue weighted by Gasteiger charge is 2.20. The summed E-state index contributed by atoms with van der Waals surface area (Å²) >= 11 is 0. The van der Waals surface area contributed by atoms with Crippen molar-refractivity contribution in [2.75, 3.05) is 5.73 Å². The molecule has 6 heteroatoms. The van der Waals surface area contributed by atoms with Gasteiger partial charge in [0, 0.05) is 12.6 Å². The van der Waals surface area contributed by atoms with Crippen LogP contribution in [0.4, 0.5) is 5.82 Å². The Hall–Kier alpha value is -3.41. The van der Waals surface area contributed by atoms with Gasteiger partial charge < -0.3 is 10.7 Å². The van der Waals surface area contributed by atoms with Crippen LogP contribution in [0.3, 0.4) is 0 Å². The zero-order valence-electron chi connectivity index (χ0n) is 13.0. The molecule has 0 aliphatic heterocycles. The number of para-hydroxylation sites is 1. The maximum atomic E-state index is 12.4. The van der Waals surface area contributed by atoms with Crippen LogP contribution >= 0.6 is 0 Å². The van der Waals surface area contributed by atoms with Crippen molar-refractivity contribution in [1.82, 2.24) is 19.7 Å². The number of aromatic nitrogens is 4. The zero-order chi connectivity index (χ0) is 16.7. The number of rotatable bonds is 2. The number of fused-ring (bicyclic) bond motifs is 1. The highest BCUT2D eigenvalue weighted by atomic mass is 16.1. The summed E-state index contributed by atoms with van der Waals surface area (Å²) in [6.07, 6.45) is 0. The van der Waals surface area contributed by atoms with Crippen molar-refractivity contribution in [2.24, 2.45) is 7.05 Å². The Balaban J connectivity index is 2.02. The van der Waals surface area contributed by atoms with Crippen LogP contribution in [0.5, 0.6) is 0 Å². The number of nitrogens with one attached hydrogen (secondary N) is 1. The average Bonchev–Trinajstić information content (AvgIpc) is 2.91. The number of hydrogen-bond donors (Lipinski definition) is 2. The molecule has 0 fully saturated rings. The van der Waals surface area contributed by atoms with Gasteiger partial charge in [0.15, 0.2) is 0 Å². The highest BCUT2D eigenvalue weighted by Crippen LogP contribution is 2.33. The summed E-state index contributed by atoms with van der Waals surface area (Å²) in [7, 11) is 1.77. The number of benzene rings is 2. The van der Waals surface area contributed by atoms with E-state index in [1.807, 2.05) is 48.5 Å². The molecule has 0 amide bonds. The molecule has 0 radical (unpaired) electrons. The van der Waals surface area contributed by atoms with Gasteiger partial charge in [0.1, 0.15) is 17.3 Å². The van der Waals surface area contributed by atoms with Crippen LogP contribution in [0, 0.1) is 0 Å². The van der Waals surface area contributed by atoms with Gasteiger partial charge in [-0.25, -0.2) is 4.98 Å². The van der Waals surface area contributed by atoms with Gasteiger partial charge in [-0.3, -0.25) is 9.48 Å². The summed E-state index contributed by atoms with van der Waals surface area (Å²) in [5, 5.41) is 5.04. The second kappa shape index (κ2) is 5.34.